The fourth-order valence-corrected chi connectivity index (χ4v) is 11.1. The molecule has 0 N–H and O–H groups in total. The van der Waals surface area contributed by atoms with E-state index in [0.717, 1.165) is 48.0 Å². The van der Waals surface area contributed by atoms with Crippen molar-refractivity contribution in [2.45, 2.75) is 191 Å². The zero-order chi connectivity index (χ0) is 41.1. The Morgan fingerprint density at radius 3 is 1.20 bits per heavy atom. The Bertz CT molecular complexity index is 1630. The van der Waals surface area contributed by atoms with Gasteiger partial charge in [-0.1, -0.05) is 151 Å². The van der Waals surface area contributed by atoms with E-state index in [-0.39, 0.29) is 0 Å². The molecule has 0 spiro atoms. The van der Waals surface area contributed by atoms with Crippen molar-refractivity contribution in [1.82, 2.24) is 0 Å². The molecule has 0 unspecified atom stereocenters. The van der Waals surface area contributed by atoms with Gasteiger partial charge < -0.3 is 9.47 Å². The van der Waals surface area contributed by atoms with Crippen LogP contribution < -0.4 is 9.47 Å². The molecule has 4 aromatic carbocycles. The number of rotatable bonds is 24. The van der Waals surface area contributed by atoms with E-state index in [1.807, 2.05) is 11.8 Å². The highest BCUT2D eigenvalue weighted by atomic mass is 32.2. The highest BCUT2D eigenvalue weighted by molar-refractivity contribution is 7.99. The Balaban J connectivity index is 1.09. The van der Waals surface area contributed by atoms with Crippen molar-refractivity contribution >= 4 is 11.8 Å². The van der Waals surface area contributed by atoms with Crippen LogP contribution in [0.2, 0.25) is 0 Å². The zero-order valence-electron chi connectivity index (χ0n) is 37.6. The average molecular weight is 815 g/mol. The molecule has 6 rings (SSSR count). The topological polar surface area (TPSA) is 18.5 Å². The molecule has 2 aliphatic carbocycles. The Kier molecular flexibility index (Phi) is 19.2. The van der Waals surface area contributed by atoms with Gasteiger partial charge in [-0.25, -0.2) is 0 Å². The molecule has 0 amide bonds. The fourth-order valence-electron chi connectivity index (χ4n) is 10.1. The molecule has 0 aliphatic heterocycles. The lowest BCUT2D eigenvalue weighted by Crippen LogP contribution is -2.13. The Labute approximate surface area is 365 Å². The van der Waals surface area contributed by atoms with Gasteiger partial charge in [-0.05, 0) is 172 Å². The van der Waals surface area contributed by atoms with Gasteiger partial charge in [0.2, 0.25) is 0 Å². The number of hydrogen-bond acceptors (Lipinski definition) is 3. The summed E-state index contributed by atoms with van der Waals surface area (Å²) >= 11 is 1.89. The van der Waals surface area contributed by atoms with Crippen molar-refractivity contribution < 1.29 is 9.47 Å². The van der Waals surface area contributed by atoms with Crippen LogP contribution in [-0.4, -0.2) is 13.2 Å². The summed E-state index contributed by atoms with van der Waals surface area (Å²) in [5.41, 5.74) is 8.46. The van der Waals surface area contributed by atoms with Gasteiger partial charge in [0.1, 0.15) is 11.5 Å². The van der Waals surface area contributed by atoms with Crippen molar-refractivity contribution in [3.63, 3.8) is 0 Å². The van der Waals surface area contributed by atoms with Crippen LogP contribution in [0.3, 0.4) is 0 Å². The molecular weight excluding hydrogens is 737 g/mol. The first-order valence-electron chi connectivity index (χ1n) is 24.4. The summed E-state index contributed by atoms with van der Waals surface area (Å²) in [6, 6.07) is 32.7. The van der Waals surface area contributed by atoms with E-state index in [2.05, 4.69) is 113 Å². The van der Waals surface area contributed by atoms with Gasteiger partial charge in [0.25, 0.3) is 0 Å². The molecule has 4 aromatic rings. The molecule has 0 saturated heterocycles. The lowest BCUT2D eigenvalue weighted by Gasteiger charge is -2.29. The molecule has 0 radical (unpaired) electrons. The van der Waals surface area contributed by atoms with E-state index in [1.165, 1.54) is 172 Å². The molecule has 0 heterocycles. The maximum Gasteiger partial charge on any atom is 0.119 e. The van der Waals surface area contributed by atoms with Gasteiger partial charge in [0.05, 0.1) is 13.2 Å². The molecule has 0 aromatic heterocycles. The molecule has 2 nitrogen and oxygen atoms in total. The predicted octanol–water partition coefficient (Wildman–Crippen LogP) is 17.1. The third kappa shape index (κ3) is 14.5. The molecule has 3 heteroatoms. The van der Waals surface area contributed by atoms with Crippen LogP contribution in [-0.2, 0) is 12.8 Å². The standard InChI is InChI=1S/C56H78O2S/c1-5-9-11-13-15-17-43-19-27-47(28-20-43)49-31-23-45(24-32-49)39-51-41-53(57-7-3)35-37-55(51)59-56-38-36-54(58-8-4)42-52(56)40-46-25-33-50(34-26-46)48-29-21-44(22-30-48)18-16-14-12-10-6-2/h23-26,31-38,41-44,47-48H,5-22,27-30,39-40H2,1-4H3. The molecule has 320 valence electrons. The van der Waals surface area contributed by atoms with Crippen molar-refractivity contribution in [3.05, 3.63) is 118 Å². The van der Waals surface area contributed by atoms with E-state index < -0.39 is 0 Å². The normalized spacial score (nSPS) is 19.5. The molecular formula is C56H78O2S. The summed E-state index contributed by atoms with van der Waals surface area (Å²) < 4.78 is 12.1. The average Bonchev–Trinajstić information content (AvgIpc) is 3.26. The van der Waals surface area contributed by atoms with Gasteiger partial charge in [-0.2, -0.15) is 0 Å². The molecule has 0 bridgehead atoms. The summed E-state index contributed by atoms with van der Waals surface area (Å²) in [5.74, 6) is 5.24. The van der Waals surface area contributed by atoms with Crippen molar-refractivity contribution in [3.8, 4) is 11.5 Å². The van der Waals surface area contributed by atoms with Crippen LogP contribution in [0.25, 0.3) is 0 Å². The van der Waals surface area contributed by atoms with E-state index in [4.69, 9.17) is 9.47 Å². The number of ether oxygens (including phenoxy) is 2. The Morgan fingerprint density at radius 1 is 0.441 bits per heavy atom. The highest BCUT2D eigenvalue weighted by Gasteiger charge is 2.24. The molecule has 2 fully saturated rings. The smallest absolute Gasteiger partial charge is 0.119 e. The monoisotopic (exact) mass is 815 g/mol. The maximum atomic E-state index is 6.04. The van der Waals surface area contributed by atoms with E-state index in [9.17, 15) is 0 Å². The van der Waals surface area contributed by atoms with Crippen LogP contribution in [0.5, 0.6) is 11.5 Å². The zero-order valence-corrected chi connectivity index (χ0v) is 38.4. The lowest BCUT2D eigenvalue weighted by atomic mass is 9.77. The van der Waals surface area contributed by atoms with Crippen LogP contribution in [0, 0.1) is 11.8 Å². The van der Waals surface area contributed by atoms with Crippen molar-refractivity contribution in [1.29, 1.82) is 0 Å². The first-order chi connectivity index (χ1) is 29.0. The summed E-state index contributed by atoms with van der Waals surface area (Å²) in [5, 5.41) is 0. The minimum Gasteiger partial charge on any atom is -0.494 e. The minimum atomic E-state index is 0.671. The van der Waals surface area contributed by atoms with Gasteiger partial charge in [-0.3, -0.25) is 0 Å². The first kappa shape index (κ1) is 45.4. The van der Waals surface area contributed by atoms with Gasteiger partial charge in [0.15, 0.2) is 0 Å². The SMILES string of the molecule is CCCCCCCC1CCC(c2ccc(Cc3cc(OCC)ccc3Sc3ccc(OCC)cc3Cc3ccc(C4CCC(CCCCCCC)CC4)cc3)cc2)CC1. The van der Waals surface area contributed by atoms with E-state index >= 15 is 0 Å². The van der Waals surface area contributed by atoms with Gasteiger partial charge in [0, 0.05) is 9.79 Å². The molecule has 2 aliphatic rings. The summed E-state index contributed by atoms with van der Waals surface area (Å²) in [6.07, 6.45) is 29.8. The lowest BCUT2D eigenvalue weighted by molar-refractivity contribution is 0.302. The number of hydrogen-bond donors (Lipinski definition) is 0. The molecule has 2 saturated carbocycles. The van der Waals surface area contributed by atoms with Crippen LogP contribution in [0.1, 0.15) is 201 Å². The Morgan fingerprint density at radius 2 is 0.831 bits per heavy atom. The van der Waals surface area contributed by atoms with Crippen molar-refractivity contribution in [2.24, 2.45) is 11.8 Å². The number of benzene rings is 4. The number of unbranched alkanes of at least 4 members (excludes halogenated alkanes) is 8. The fraction of sp³-hybridized carbons (Fsp3) is 0.571. The van der Waals surface area contributed by atoms with E-state index in [0.29, 0.717) is 13.2 Å². The second kappa shape index (κ2) is 24.9. The second-order valence-corrected chi connectivity index (χ2v) is 19.3. The molecule has 0 atom stereocenters. The molecule has 59 heavy (non-hydrogen) atoms. The summed E-state index contributed by atoms with van der Waals surface area (Å²) in [6.45, 7) is 10.1. The minimum absolute atomic E-state index is 0.671. The third-order valence-corrected chi connectivity index (χ3v) is 15.0. The second-order valence-electron chi connectivity index (χ2n) is 18.2. The summed E-state index contributed by atoms with van der Waals surface area (Å²) in [7, 11) is 0. The van der Waals surface area contributed by atoms with Crippen LogP contribution in [0.4, 0.5) is 0 Å². The highest BCUT2D eigenvalue weighted by Crippen LogP contribution is 2.41. The first-order valence-corrected chi connectivity index (χ1v) is 25.2. The summed E-state index contributed by atoms with van der Waals surface area (Å²) in [4.78, 5) is 2.59. The van der Waals surface area contributed by atoms with Crippen LogP contribution in [0.15, 0.2) is 94.7 Å². The van der Waals surface area contributed by atoms with Crippen LogP contribution >= 0.6 is 11.8 Å². The van der Waals surface area contributed by atoms with E-state index in [1.54, 1.807) is 0 Å². The largest absolute Gasteiger partial charge is 0.494 e. The predicted molar refractivity (Wildman–Crippen MR) is 254 cm³/mol. The third-order valence-electron chi connectivity index (χ3n) is 13.7. The maximum absolute atomic E-state index is 6.04. The quantitative estimate of drug-likeness (QED) is 0.0657. The van der Waals surface area contributed by atoms with Gasteiger partial charge in [-0.15, -0.1) is 0 Å². The van der Waals surface area contributed by atoms with Crippen molar-refractivity contribution in [2.75, 3.05) is 13.2 Å². The van der Waals surface area contributed by atoms with Gasteiger partial charge >= 0.3 is 0 Å². The Hall–Kier alpha value is -3.17.